The van der Waals surface area contributed by atoms with Crippen LogP contribution < -0.4 is 0 Å². The van der Waals surface area contributed by atoms with Gasteiger partial charge in [-0.1, -0.05) is 54.6 Å². The highest BCUT2D eigenvalue weighted by molar-refractivity contribution is 5.96. The Kier molecular flexibility index (Phi) is 4.35. The maximum atomic E-state index is 12.0. The molecule has 0 spiro atoms. The second kappa shape index (κ2) is 7.17. The van der Waals surface area contributed by atoms with E-state index >= 15 is 0 Å². The van der Waals surface area contributed by atoms with Crippen LogP contribution in [0.15, 0.2) is 73.2 Å². The highest BCUT2D eigenvalue weighted by atomic mass is 16.2. The molecule has 0 radical (unpaired) electrons. The van der Waals surface area contributed by atoms with Crippen LogP contribution in [0.4, 0.5) is 0 Å². The molecule has 1 aliphatic rings. The molecule has 3 heterocycles. The van der Waals surface area contributed by atoms with Gasteiger partial charge in [-0.05, 0) is 6.07 Å². The summed E-state index contributed by atoms with van der Waals surface area (Å²) in [7, 11) is 1.88. The van der Waals surface area contributed by atoms with E-state index in [0.717, 1.165) is 46.5 Å². The second-order valence-corrected chi connectivity index (χ2v) is 7.69. The van der Waals surface area contributed by atoms with Crippen LogP contribution >= 0.6 is 0 Å². The lowest BCUT2D eigenvalue weighted by atomic mass is 10.0. The van der Waals surface area contributed by atoms with Crippen molar-refractivity contribution in [3.05, 3.63) is 73.2 Å². The van der Waals surface area contributed by atoms with Crippen LogP contribution in [0.25, 0.3) is 33.4 Å². The molecule has 4 aromatic rings. The molecule has 2 aromatic heterocycles. The van der Waals surface area contributed by atoms with Gasteiger partial charge in [-0.25, -0.2) is 4.98 Å². The second-order valence-electron chi connectivity index (χ2n) is 7.69. The molecule has 1 fully saturated rings. The molecule has 2 aromatic carbocycles. The topological polar surface area (TPSA) is 51.0 Å². The van der Waals surface area contributed by atoms with Crippen LogP contribution in [-0.2, 0) is 11.3 Å². The molecule has 1 aliphatic heterocycles. The van der Waals surface area contributed by atoms with E-state index < -0.39 is 0 Å². The van der Waals surface area contributed by atoms with Crippen molar-refractivity contribution in [3.63, 3.8) is 0 Å². The molecule has 5 rings (SSSR count). The van der Waals surface area contributed by atoms with Gasteiger partial charge in [-0.3, -0.25) is 9.78 Å². The first-order chi connectivity index (χ1) is 14.2. The molecular formula is C24H22N4O. The highest BCUT2D eigenvalue weighted by Gasteiger charge is 2.28. The zero-order valence-corrected chi connectivity index (χ0v) is 16.3. The Morgan fingerprint density at radius 2 is 1.83 bits per heavy atom. The van der Waals surface area contributed by atoms with Crippen molar-refractivity contribution in [1.29, 1.82) is 0 Å². The Balaban J connectivity index is 1.67. The summed E-state index contributed by atoms with van der Waals surface area (Å²) in [6.07, 6.45) is 4.32. The number of aromatic nitrogens is 3. The number of nitrogens with zero attached hydrogens (tertiary/aromatic N) is 4. The van der Waals surface area contributed by atoms with Gasteiger partial charge in [-0.15, -0.1) is 0 Å². The predicted octanol–water partition coefficient (Wildman–Crippen LogP) is 4.24. The molecule has 1 unspecified atom stereocenters. The summed E-state index contributed by atoms with van der Waals surface area (Å²) in [5.41, 5.74) is 5.11. The van der Waals surface area contributed by atoms with E-state index in [9.17, 15) is 4.79 Å². The molecule has 0 saturated carbocycles. The van der Waals surface area contributed by atoms with Crippen LogP contribution in [0.5, 0.6) is 0 Å². The smallest absolute Gasteiger partial charge is 0.222 e. The van der Waals surface area contributed by atoms with Gasteiger partial charge in [-0.2, -0.15) is 0 Å². The van der Waals surface area contributed by atoms with Gasteiger partial charge in [0.15, 0.2) is 0 Å². The lowest BCUT2D eigenvalue weighted by molar-refractivity contribution is -0.126. The molecule has 1 atom stereocenters. The number of amides is 1. The third-order valence-electron chi connectivity index (χ3n) is 5.65. The van der Waals surface area contributed by atoms with E-state index in [-0.39, 0.29) is 11.8 Å². The van der Waals surface area contributed by atoms with Crippen molar-refractivity contribution in [2.45, 2.75) is 13.0 Å². The van der Waals surface area contributed by atoms with E-state index in [2.05, 4.69) is 45.9 Å². The van der Waals surface area contributed by atoms with Crippen molar-refractivity contribution in [1.82, 2.24) is 19.4 Å². The van der Waals surface area contributed by atoms with Gasteiger partial charge in [0.25, 0.3) is 0 Å². The first kappa shape index (κ1) is 17.6. The maximum absolute atomic E-state index is 12.0. The minimum absolute atomic E-state index is 0.215. The Hall–Kier alpha value is -3.47. The van der Waals surface area contributed by atoms with Gasteiger partial charge in [0, 0.05) is 55.2 Å². The number of likely N-dealkylation sites (tertiary alicyclic amines) is 1. The van der Waals surface area contributed by atoms with E-state index in [1.807, 2.05) is 48.7 Å². The van der Waals surface area contributed by atoms with Crippen LogP contribution in [0, 0.1) is 5.92 Å². The molecule has 0 N–H and O–H groups in total. The average molecular weight is 382 g/mol. The van der Waals surface area contributed by atoms with Crippen molar-refractivity contribution in [2.75, 3.05) is 13.6 Å². The fourth-order valence-electron chi connectivity index (χ4n) is 4.26. The molecule has 29 heavy (non-hydrogen) atoms. The molecular weight excluding hydrogens is 360 g/mol. The summed E-state index contributed by atoms with van der Waals surface area (Å²) in [4.78, 5) is 23.3. The summed E-state index contributed by atoms with van der Waals surface area (Å²) in [6, 6.07) is 20.6. The summed E-state index contributed by atoms with van der Waals surface area (Å²) in [5.74, 6) is 0.499. The van der Waals surface area contributed by atoms with E-state index in [4.69, 9.17) is 4.98 Å². The van der Waals surface area contributed by atoms with Gasteiger partial charge < -0.3 is 9.47 Å². The van der Waals surface area contributed by atoms with Gasteiger partial charge in [0.05, 0.1) is 23.2 Å². The standard InChI is InChI=1S/C24H22N4O/c1-27-14-17(13-21(27)29)15-28-16-26-23(19-7-3-2-4-8-19)24(28)20-11-5-9-18-10-6-12-25-22(18)20/h2-12,16-17H,13-15H2,1H3. The van der Waals surface area contributed by atoms with Gasteiger partial charge in [0.1, 0.15) is 0 Å². The Bertz CT molecular complexity index is 1180. The molecule has 0 aliphatic carbocycles. The lowest BCUT2D eigenvalue weighted by Gasteiger charge is -2.16. The average Bonchev–Trinajstić information content (AvgIpc) is 3.31. The number of benzene rings is 2. The number of rotatable bonds is 4. The molecule has 5 nitrogen and oxygen atoms in total. The van der Waals surface area contributed by atoms with Gasteiger partial charge >= 0.3 is 0 Å². The number of pyridine rings is 1. The van der Waals surface area contributed by atoms with Crippen molar-refractivity contribution in [2.24, 2.45) is 5.92 Å². The minimum atomic E-state index is 0.215. The van der Waals surface area contributed by atoms with Crippen LogP contribution in [0.1, 0.15) is 6.42 Å². The molecule has 0 bridgehead atoms. The van der Waals surface area contributed by atoms with Crippen LogP contribution in [0.2, 0.25) is 0 Å². The highest BCUT2D eigenvalue weighted by Crippen LogP contribution is 2.35. The first-order valence-corrected chi connectivity index (χ1v) is 9.89. The van der Waals surface area contributed by atoms with E-state index in [0.29, 0.717) is 6.42 Å². The van der Waals surface area contributed by atoms with Crippen molar-refractivity contribution < 1.29 is 4.79 Å². The minimum Gasteiger partial charge on any atom is -0.345 e. The summed E-state index contributed by atoms with van der Waals surface area (Å²) < 4.78 is 2.20. The fraction of sp³-hybridized carbons (Fsp3) is 0.208. The summed E-state index contributed by atoms with van der Waals surface area (Å²) in [6.45, 7) is 1.54. The van der Waals surface area contributed by atoms with Crippen LogP contribution in [0.3, 0.4) is 0 Å². The zero-order valence-electron chi connectivity index (χ0n) is 16.3. The van der Waals surface area contributed by atoms with Crippen molar-refractivity contribution in [3.8, 4) is 22.5 Å². The van der Waals surface area contributed by atoms with E-state index in [1.165, 1.54) is 0 Å². The number of hydrogen-bond acceptors (Lipinski definition) is 3. The SMILES string of the molecule is CN1CC(Cn2cnc(-c3ccccc3)c2-c2cccc3cccnc23)CC1=O. The zero-order chi connectivity index (χ0) is 19.8. The third-order valence-corrected chi connectivity index (χ3v) is 5.65. The quantitative estimate of drug-likeness (QED) is 0.530. The normalized spacial score (nSPS) is 16.7. The Labute approximate surface area is 169 Å². The number of imidazole rings is 1. The Morgan fingerprint density at radius 1 is 1.00 bits per heavy atom. The lowest BCUT2D eigenvalue weighted by Crippen LogP contribution is -2.20. The molecule has 1 amide bonds. The first-order valence-electron chi connectivity index (χ1n) is 9.89. The number of fused-ring (bicyclic) bond motifs is 1. The largest absolute Gasteiger partial charge is 0.345 e. The Morgan fingerprint density at radius 3 is 2.62 bits per heavy atom. The summed E-state index contributed by atoms with van der Waals surface area (Å²) >= 11 is 0. The predicted molar refractivity (Wildman–Crippen MR) is 114 cm³/mol. The molecule has 1 saturated heterocycles. The van der Waals surface area contributed by atoms with Crippen molar-refractivity contribution >= 4 is 16.8 Å². The maximum Gasteiger partial charge on any atom is 0.222 e. The number of carbonyl (C=O) groups excluding carboxylic acids is 1. The monoisotopic (exact) mass is 382 g/mol. The third kappa shape index (κ3) is 3.18. The molecule has 5 heteroatoms. The molecule has 144 valence electrons. The van der Waals surface area contributed by atoms with Gasteiger partial charge in [0.2, 0.25) is 5.91 Å². The number of hydrogen-bond donors (Lipinski definition) is 0. The summed E-state index contributed by atoms with van der Waals surface area (Å²) in [5, 5.41) is 1.10. The number of para-hydroxylation sites is 1. The van der Waals surface area contributed by atoms with Crippen LogP contribution in [-0.4, -0.2) is 38.9 Å². The number of carbonyl (C=O) groups is 1. The fourth-order valence-corrected chi connectivity index (χ4v) is 4.26. The van der Waals surface area contributed by atoms with E-state index in [1.54, 1.807) is 0 Å².